The number of hydrogen-bond donors (Lipinski definition) is 3. The Kier molecular flexibility index (Phi) is 63.7. The lowest BCUT2D eigenvalue weighted by molar-refractivity contribution is -0.161. The van der Waals surface area contributed by atoms with Crippen molar-refractivity contribution in [2.24, 2.45) is 11.8 Å². The van der Waals surface area contributed by atoms with Crippen molar-refractivity contribution < 1.29 is 80.2 Å². The van der Waals surface area contributed by atoms with Gasteiger partial charge in [-0.15, -0.1) is 0 Å². The molecule has 17 nitrogen and oxygen atoms in total. The molecule has 0 bridgehead atoms. The van der Waals surface area contributed by atoms with E-state index in [1.165, 1.54) is 186 Å². The van der Waals surface area contributed by atoms with Crippen molar-refractivity contribution in [3.63, 3.8) is 0 Å². The normalized spacial score (nSPS) is 14.4. The zero-order chi connectivity index (χ0) is 67.9. The van der Waals surface area contributed by atoms with Crippen molar-refractivity contribution in [3.05, 3.63) is 0 Å². The number of esters is 4. The molecule has 0 saturated carbocycles. The Morgan fingerprint density at radius 3 is 0.826 bits per heavy atom. The number of phosphoric ester groups is 2. The fraction of sp³-hybridized carbons (Fsp3) is 0.945. The molecule has 0 saturated heterocycles. The van der Waals surface area contributed by atoms with Crippen LogP contribution < -0.4 is 0 Å². The van der Waals surface area contributed by atoms with Gasteiger partial charge in [-0.05, 0) is 37.5 Å². The summed E-state index contributed by atoms with van der Waals surface area (Å²) in [5, 5.41) is 10.6. The third-order valence-electron chi connectivity index (χ3n) is 17.3. The lowest BCUT2D eigenvalue weighted by Crippen LogP contribution is -2.30. The highest BCUT2D eigenvalue weighted by atomic mass is 31.2. The monoisotopic (exact) mass is 1350 g/mol. The highest BCUT2D eigenvalue weighted by Crippen LogP contribution is 2.45. The Balaban J connectivity index is 5.15. The van der Waals surface area contributed by atoms with Gasteiger partial charge in [0, 0.05) is 25.7 Å². The van der Waals surface area contributed by atoms with E-state index < -0.39 is 97.5 Å². The minimum Gasteiger partial charge on any atom is -0.462 e. The van der Waals surface area contributed by atoms with Crippen LogP contribution in [0.4, 0.5) is 0 Å². The standard InChI is InChI=1S/C73H142O17P2/c1-7-10-12-14-15-16-17-28-34-39-45-51-57-72(77)89-68(61-83-70(75)55-49-41-13-11-8-2)63-87-91(79,80)85-59-67(74)60-86-92(81,82)88-64-69(62-84-71(76)56-50-44-38-33-29-24-20-18-22-26-31-36-42-47-53-65(4)5)90-73(78)58-52-46-40-35-30-25-21-19-23-27-32-37-43-48-54-66(6)9-3/h65-69,74H,7-64H2,1-6H3,(H,79,80)(H,81,82)/t66?,67-,68+,69+/m0/s1. The SMILES string of the molecule is CCCCCCCCCCCCCCC(=O)O[C@H](COC(=O)CCCCCCC)COP(=O)(O)OC[C@H](O)COP(=O)(O)OC[C@@H](COC(=O)CCCCCCCCCCCCCCCCC(C)C)OC(=O)CCCCCCCCCCCCCCCCC(C)CC. The van der Waals surface area contributed by atoms with Crippen LogP contribution in [0.25, 0.3) is 0 Å². The van der Waals surface area contributed by atoms with E-state index in [0.717, 1.165) is 108 Å². The van der Waals surface area contributed by atoms with Crippen molar-refractivity contribution in [1.82, 2.24) is 0 Å². The predicted molar refractivity (Wildman–Crippen MR) is 372 cm³/mol. The summed E-state index contributed by atoms with van der Waals surface area (Å²) in [6, 6.07) is 0. The third kappa shape index (κ3) is 65.4. The van der Waals surface area contributed by atoms with Crippen LogP contribution in [0.3, 0.4) is 0 Å². The van der Waals surface area contributed by atoms with Gasteiger partial charge < -0.3 is 33.8 Å². The number of aliphatic hydroxyl groups excluding tert-OH is 1. The molecule has 0 amide bonds. The van der Waals surface area contributed by atoms with Gasteiger partial charge in [-0.1, -0.05) is 324 Å². The number of aliphatic hydroxyl groups is 1. The molecule has 0 aliphatic heterocycles. The Morgan fingerprint density at radius 2 is 0.554 bits per heavy atom. The molecule has 6 atom stereocenters. The molecule has 92 heavy (non-hydrogen) atoms. The quantitative estimate of drug-likeness (QED) is 0.0222. The third-order valence-corrected chi connectivity index (χ3v) is 19.2. The maximum Gasteiger partial charge on any atom is 0.472 e. The van der Waals surface area contributed by atoms with Crippen LogP contribution in [0, 0.1) is 11.8 Å². The van der Waals surface area contributed by atoms with E-state index in [2.05, 4.69) is 41.5 Å². The van der Waals surface area contributed by atoms with Gasteiger partial charge in [0.1, 0.15) is 19.3 Å². The first-order valence-corrected chi connectivity index (χ1v) is 41.0. The highest BCUT2D eigenvalue weighted by Gasteiger charge is 2.30. The van der Waals surface area contributed by atoms with E-state index in [0.29, 0.717) is 25.7 Å². The van der Waals surface area contributed by atoms with E-state index in [9.17, 15) is 43.2 Å². The van der Waals surface area contributed by atoms with Gasteiger partial charge in [0.25, 0.3) is 0 Å². The summed E-state index contributed by atoms with van der Waals surface area (Å²) in [7, 11) is -9.89. The van der Waals surface area contributed by atoms with Gasteiger partial charge in [0.05, 0.1) is 26.4 Å². The van der Waals surface area contributed by atoms with Gasteiger partial charge >= 0.3 is 39.5 Å². The number of unbranched alkanes of at least 4 members (excludes halogenated alkanes) is 41. The van der Waals surface area contributed by atoms with Crippen molar-refractivity contribution in [3.8, 4) is 0 Å². The molecular formula is C73H142O17P2. The number of carbonyl (C=O) groups is 4. The van der Waals surface area contributed by atoms with E-state index >= 15 is 0 Å². The molecule has 0 aliphatic rings. The molecule has 546 valence electrons. The van der Waals surface area contributed by atoms with E-state index in [-0.39, 0.29) is 25.7 Å². The average Bonchev–Trinajstić information content (AvgIpc) is 1.91. The zero-order valence-electron chi connectivity index (χ0n) is 59.9. The summed E-state index contributed by atoms with van der Waals surface area (Å²) in [4.78, 5) is 72.4. The largest absolute Gasteiger partial charge is 0.472 e. The molecule has 0 aromatic carbocycles. The van der Waals surface area contributed by atoms with E-state index in [1.807, 2.05) is 0 Å². The minimum atomic E-state index is -4.95. The number of hydrogen-bond acceptors (Lipinski definition) is 15. The summed E-state index contributed by atoms with van der Waals surface area (Å²) in [6.45, 7) is 9.56. The van der Waals surface area contributed by atoms with Crippen LogP contribution in [-0.2, 0) is 65.4 Å². The lowest BCUT2D eigenvalue weighted by atomic mass is 9.99. The molecule has 0 radical (unpaired) electrons. The number of carbonyl (C=O) groups excluding carboxylic acids is 4. The van der Waals surface area contributed by atoms with Crippen LogP contribution in [0.5, 0.6) is 0 Å². The molecule has 0 heterocycles. The molecule has 0 fully saturated rings. The molecule has 0 aromatic heterocycles. The molecule has 19 heteroatoms. The summed E-state index contributed by atoms with van der Waals surface area (Å²) >= 11 is 0. The number of rotatable bonds is 72. The molecule has 0 spiro atoms. The summed E-state index contributed by atoms with van der Waals surface area (Å²) < 4.78 is 68.2. The highest BCUT2D eigenvalue weighted by molar-refractivity contribution is 7.47. The number of ether oxygens (including phenoxy) is 4. The molecule has 3 unspecified atom stereocenters. The van der Waals surface area contributed by atoms with Gasteiger partial charge in [0.15, 0.2) is 12.2 Å². The van der Waals surface area contributed by atoms with Crippen molar-refractivity contribution in [2.45, 2.75) is 394 Å². The van der Waals surface area contributed by atoms with Gasteiger partial charge in [-0.3, -0.25) is 37.3 Å². The Labute approximate surface area is 562 Å². The van der Waals surface area contributed by atoms with Crippen LogP contribution in [-0.4, -0.2) is 96.7 Å². The lowest BCUT2D eigenvalue weighted by Gasteiger charge is -2.21. The first kappa shape index (κ1) is 90.1. The van der Waals surface area contributed by atoms with E-state index in [4.69, 9.17) is 37.0 Å². The molecule has 0 aliphatic carbocycles. The Hall–Kier alpha value is -1.94. The predicted octanol–water partition coefficient (Wildman–Crippen LogP) is 21.2. The molecule has 0 rings (SSSR count). The first-order chi connectivity index (χ1) is 44.4. The smallest absolute Gasteiger partial charge is 0.462 e. The van der Waals surface area contributed by atoms with Crippen molar-refractivity contribution >= 4 is 39.5 Å². The second-order valence-electron chi connectivity index (χ2n) is 27.1. The maximum absolute atomic E-state index is 13.1. The minimum absolute atomic E-state index is 0.106. The zero-order valence-corrected chi connectivity index (χ0v) is 61.6. The van der Waals surface area contributed by atoms with Gasteiger partial charge in [0.2, 0.25) is 0 Å². The summed E-state index contributed by atoms with van der Waals surface area (Å²) in [6.07, 6.45) is 51.6. The van der Waals surface area contributed by atoms with Crippen LogP contribution in [0.15, 0.2) is 0 Å². The first-order valence-electron chi connectivity index (χ1n) is 38.0. The maximum atomic E-state index is 13.1. The van der Waals surface area contributed by atoms with Crippen molar-refractivity contribution in [2.75, 3.05) is 39.6 Å². The van der Waals surface area contributed by atoms with Crippen LogP contribution in [0.1, 0.15) is 375 Å². The Morgan fingerprint density at radius 1 is 0.315 bits per heavy atom. The molecular weight excluding hydrogens is 1210 g/mol. The summed E-state index contributed by atoms with van der Waals surface area (Å²) in [5.74, 6) is -0.485. The topological polar surface area (TPSA) is 237 Å². The van der Waals surface area contributed by atoms with Gasteiger partial charge in [-0.2, -0.15) is 0 Å². The summed E-state index contributed by atoms with van der Waals surface area (Å²) in [5.41, 5.74) is 0. The second-order valence-corrected chi connectivity index (χ2v) is 30.0. The fourth-order valence-electron chi connectivity index (χ4n) is 11.1. The fourth-order valence-corrected chi connectivity index (χ4v) is 12.7. The van der Waals surface area contributed by atoms with Crippen LogP contribution >= 0.6 is 15.6 Å². The molecule has 3 N–H and O–H groups in total. The second kappa shape index (κ2) is 65.0. The number of phosphoric acid groups is 2. The van der Waals surface area contributed by atoms with E-state index in [1.54, 1.807) is 0 Å². The van der Waals surface area contributed by atoms with Gasteiger partial charge in [-0.25, -0.2) is 9.13 Å². The van der Waals surface area contributed by atoms with Crippen molar-refractivity contribution in [1.29, 1.82) is 0 Å². The van der Waals surface area contributed by atoms with Crippen LogP contribution in [0.2, 0.25) is 0 Å². The Bertz CT molecular complexity index is 1790. The average molecular weight is 1350 g/mol. The molecule has 0 aromatic rings.